The van der Waals surface area contributed by atoms with Gasteiger partial charge < -0.3 is 25.7 Å². The van der Waals surface area contributed by atoms with Gasteiger partial charge in [0.15, 0.2) is 11.7 Å². The number of hydrogen-bond donors (Lipinski definition) is 3. The van der Waals surface area contributed by atoms with Crippen LogP contribution in [0.1, 0.15) is 26.0 Å². The molecule has 2 aromatic rings. The van der Waals surface area contributed by atoms with Crippen LogP contribution in [0.25, 0.3) is 5.65 Å². The van der Waals surface area contributed by atoms with Crippen LogP contribution >= 0.6 is 0 Å². The molecule has 1 unspecified atom stereocenters. The number of amides is 1. The molecule has 2 fully saturated rings. The predicted molar refractivity (Wildman–Crippen MR) is 121 cm³/mol. The first-order chi connectivity index (χ1) is 15.3. The Morgan fingerprint density at radius 3 is 2.91 bits per heavy atom. The maximum absolute atomic E-state index is 14.5. The summed E-state index contributed by atoms with van der Waals surface area (Å²) in [5.41, 5.74) is 6.53. The zero-order valence-corrected chi connectivity index (χ0v) is 18.8. The van der Waals surface area contributed by atoms with Crippen molar-refractivity contribution in [2.45, 2.75) is 31.8 Å². The molecule has 32 heavy (non-hydrogen) atoms. The normalized spacial score (nSPS) is 20.5. The van der Waals surface area contributed by atoms with Crippen LogP contribution in [0.4, 0.5) is 4.39 Å². The topological polar surface area (TPSA) is 103 Å². The van der Waals surface area contributed by atoms with Gasteiger partial charge in [0, 0.05) is 39.1 Å². The third-order valence-electron chi connectivity index (χ3n) is 6.22. The lowest BCUT2D eigenvalue weighted by Crippen LogP contribution is -2.58. The van der Waals surface area contributed by atoms with Gasteiger partial charge in [-0.2, -0.15) is 5.10 Å². The van der Waals surface area contributed by atoms with Crippen LogP contribution in [-0.4, -0.2) is 70.3 Å². The summed E-state index contributed by atoms with van der Waals surface area (Å²) in [6.45, 7) is 6.39. The predicted octanol–water partition coefficient (Wildman–Crippen LogP) is 0.994. The second-order valence-electron chi connectivity index (χ2n) is 8.95. The highest BCUT2D eigenvalue weighted by molar-refractivity contribution is 5.97. The Morgan fingerprint density at radius 1 is 1.44 bits per heavy atom. The average Bonchev–Trinajstić information content (AvgIpc) is 3.41. The smallest absolute Gasteiger partial charge is 0.227 e. The summed E-state index contributed by atoms with van der Waals surface area (Å²) in [6.07, 6.45) is 5.58. The van der Waals surface area contributed by atoms with Gasteiger partial charge >= 0.3 is 0 Å². The summed E-state index contributed by atoms with van der Waals surface area (Å²) in [5.74, 6) is -0.760. The minimum absolute atomic E-state index is 0.0815. The molecule has 1 atom stereocenters. The minimum Gasteiger partial charge on any atom is -0.402 e. The Balaban J connectivity index is 1.41. The maximum Gasteiger partial charge on any atom is 0.227 e. The van der Waals surface area contributed by atoms with Crippen molar-refractivity contribution in [1.29, 1.82) is 0 Å². The van der Waals surface area contributed by atoms with Gasteiger partial charge in [0.1, 0.15) is 5.65 Å². The monoisotopic (exact) mass is 442 g/mol. The van der Waals surface area contributed by atoms with Crippen molar-refractivity contribution >= 4 is 17.4 Å². The molecule has 1 amide bonds. The first-order valence-electron chi connectivity index (χ1n) is 10.9. The standard InChI is InChI=1S/C22H31FN8O/c1-22(2,18-12-26-19-6-4-5-9-31(18)19)27-21(32)15-13-30(14-15)20(17(23)10-24)28-29(3)16-7-8-25-11-16/h4-6,9-10,12,15-16,25H,7-8,11,13-14,24H2,1-3H3,(H,27,32). The highest BCUT2D eigenvalue weighted by Gasteiger charge is 2.39. The Labute approximate surface area is 187 Å². The van der Waals surface area contributed by atoms with E-state index in [4.69, 9.17) is 5.73 Å². The first-order valence-corrected chi connectivity index (χ1v) is 10.9. The highest BCUT2D eigenvalue weighted by Crippen LogP contribution is 2.25. The fraction of sp³-hybridized carbons (Fsp3) is 0.500. The van der Waals surface area contributed by atoms with E-state index in [0.717, 1.165) is 37.1 Å². The van der Waals surface area contributed by atoms with Crippen LogP contribution in [0.15, 0.2) is 47.7 Å². The summed E-state index contributed by atoms with van der Waals surface area (Å²) in [6, 6.07) is 5.99. The molecule has 2 aliphatic rings. The quantitative estimate of drug-likeness (QED) is 0.350. The second-order valence-corrected chi connectivity index (χ2v) is 8.95. The van der Waals surface area contributed by atoms with Gasteiger partial charge in [-0.25, -0.2) is 9.37 Å². The van der Waals surface area contributed by atoms with Crippen LogP contribution in [0.5, 0.6) is 0 Å². The molecule has 0 saturated carbocycles. The number of amidine groups is 1. The third-order valence-corrected chi connectivity index (χ3v) is 6.22. The van der Waals surface area contributed by atoms with Crippen LogP contribution in [0, 0.1) is 5.92 Å². The van der Waals surface area contributed by atoms with E-state index in [1.54, 1.807) is 16.1 Å². The minimum atomic E-state index is -0.618. The lowest BCUT2D eigenvalue weighted by molar-refractivity contribution is -0.130. The van der Waals surface area contributed by atoms with Crippen molar-refractivity contribution < 1.29 is 9.18 Å². The lowest BCUT2D eigenvalue weighted by atomic mass is 9.95. The van der Waals surface area contributed by atoms with Crippen molar-refractivity contribution in [3.05, 3.63) is 48.3 Å². The number of hydrogen-bond acceptors (Lipinski definition) is 6. The molecule has 4 heterocycles. The largest absolute Gasteiger partial charge is 0.402 e. The number of likely N-dealkylation sites (tertiary alicyclic amines) is 1. The van der Waals surface area contributed by atoms with Gasteiger partial charge in [-0.05, 0) is 38.9 Å². The number of rotatable bonds is 6. The van der Waals surface area contributed by atoms with Crippen molar-refractivity contribution in [3.63, 3.8) is 0 Å². The number of carbonyl (C=O) groups is 1. The Bertz CT molecular complexity index is 1030. The van der Waals surface area contributed by atoms with Gasteiger partial charge in [0.2, 0.25) is 5.91 Å². The molecule has 4 N–H and O–H groups in total. The van der Waals surface area contributed by atoms with E-state index < -0.39 is 11.4 Å². The van der Waals surface area contributed by atoms with E-state index in [1.807, 2.05) is 49.7 Å². The lowest BCUT2D eigenvalue weighted by Gasteiger charge is -2.41. The van der Waals surface area contributed by atoms with E-state index in [1.165, 1.54) is 0 Å². The van der Waals surface area contributed by atoms with Gasteiger partial charge in [-0.15, -0.1) is 0 Å². The molecule has 0 aliphatic carbocycles. The summed E-state index contributed by atoms with van der Waals surface area (Å²) in [5, 5.41) is 12.6. The SMILES string of the molecule is CN(N=C(C(F)=CN)N1CC(C(=O)NC(C)(C)c2cnc3ccccn23)C1)C1CCNC1. The number of halogens is 1. The number of aromatic nitrogens is 2. The summed E-state index contributed by atoms with van der Waals surface area (Å²) >= 11 is 0. The van der Waals surface area contributed by atoms with Crippen molar-refractivity contribution in [2.24, 2.45) is 16.8 Å². The number of nitrogens with zero attached hydrogens (tertiary/aromatic N) is 5. The molecule has 0 bridgehead atoms. The summed E-state index contributed by atoms with van der Waals surface area (Å²) < 4.78 is 16.4. The average molecular weight is 443 g/mol. The van der Waals surface area contributed by atoms with Gasteiger partial charge in [0.25, 0.3) is 0 Å². The molecule has 2 saturated heterocycles. The highest BCUT2D eigenvalue weighted by atomic mass is 19.1. The molecule has 0 radical (unpaired) electrons. The number of pyridine rings is 1. The number of nitrogens with two attached hydrogens (primary N) is 1. The number of nitrogens with one attached hydrogen (secondary N) is 2. The van der Waals surface area contributed by atoms with Gasteiger partial charge in [-0.1, -0.05) is 6.07 Å². The van der Waals surface area contributed by atoms with Gasteiger partial charge in [-0.3, -0.25) is 9.80 Å². The third kappa shape index (κ3) is 4.27. The van der Waals surface area contributed by atoms with E-state index in [2.05, 4.69) is 20.7 Å². The zero-order chi connectivity index (χ0) is 22.9. The molecule has 10 heteroatoms. The Hall–Kier alpha value is -3.14. The Morgan fingerprint density at radius 2 is 2.22 bits per heavy atom. The van der Waals surface area contributed by atoms with E-state index in [0.29, 0.717) is 13.1 Å². The number of hydrazone groups is 1. The maximum atomic E-state index is 14.5. The summed E-state index contributed by atoms with van der Waals surface area (Å²) in [7, 11) is 1.84. The van der Waals surface area contributed by atoms with Crippen LogP contribution in [0.3, 0.4) is 0 Å². The molecule has 172 valence electrons. The Kier molecular flexibility index (Phi) is 6.05. The second kappa shape index (κ2) is 8.78. The molecule has 0 aromatic carbocycles. The molecule has 9 nitrogen and oxygen atoms in total. The van der Waals surface area contributed by atoms with Crippen molar-refractivity contribution in [2.75, 3.05) is 33.2 Å². The number of fused-ring (bicyclic) bond motifs is 1. The van der Waals surface area contributed by atoms with Crippen LogP contribution in [0.2, 0.25) is 0 Å². The van der Waals surface area contributed by atoms with E-state index in [9.17, 15) is 9.18 Å². The molecule has 0 spiro atoms. The summed E-state index contributed by atoms with van der Waals surface area (Å²) in [4.78, 5) is 19.1. The molecule has 2 aromatic heterocycles. The number of carbonyl (C=O) groups excluding carboxylic acids is 1. The molecular weight excluding hydrogens is 411 g/mol. The van der Waals surface area contributed by atoms with Crippen molar-refractivity contribution in [3.8, 4) is 0 Å². The van der Waals surface area contributed by atoms with Crippen LogP contribution < -0.4 is 16.4 Å². The fourth-order valence-electron chi connectivity index (χ4n) is 4.21. The molecular formula is C22H31FN8O. The molecule has 4 rings (SSSR count). The van der Waals surface area contributed by atoms with E-state index >= 15 is 0 Å². The van der Waals surface area contributed by atoms with Crippen molar-refractivity contribution in [1.82, 2.24) is 29.9 Å². The number of likely N-dealkylation sites (N-methyl/N-ethyl adjacent to an activating group) is 1. The van der Waals surface area contributed by atoms with Crippen LogP contribution in [-0.2, 0) is 10.3 Å². The van der Waals surface area contributed by atoms with E-state index in [-0.39, 0.29) is 23.7 Å². The zero-order valence-electron chi connectivity index (χ0n) is 18.8. The first kappa shape index (κ1) is 22.1. The fourth-order valence-corrected chi connectivity index (χ4v) is 4.21. The van der Waals surface area contributed by atoms with Gasteiger partial charge in [0.05, 0.1) is 29.4 Å². The molecule has 2 aliphatic heterocycles. The number of imidazole rings is 1.